The third kappa shape index (κ3) is 5.56. The molecule has 0 radical (unpaired) electrons. The van der Waals surface area contributed by atoms with Gasteiger partial charge >= 0.3 is 0 Å². The fourth-order valence-corrected chi connectivity index (χ4v) is 8.98. The van der Waals surface area contributed by atoms with E-state index in [0.29, 0.717) is 17.5 Å². The average Bonchev–Trinajstić information content (AvgIpc) is 3.82. The minimum absolute atomic E-state index is 0.629. The van der Waals surface area contributed by atoms with Crippen LogP contribution < -0.4 is 0 Å². The summed E-state index contributed by atoms with van der Waals surface area (Å²) in [5.41, 5.74) is 10.9. The van der Waals surface area contributed by atoms with Gasteiger partial charge in [-0.3, -0.25) is 0 Å². The van der Waals surface area contributed by atoms with Crippen molar-refractivity contribution in [1.82, 2.24) is 19.5 Å². The lowest BCUT2D eigenvalue weighted by Crippen LogP contribution is -2.00. The van der Waals surface area contributed by atoms with E-state index in [2.05, 4.69) is 162 Å². The largest absolute Gasteiger partial charge is 0.309 e. The molecular weight excluding hydrogens is 701 g/mol. The van der Waals surface area contributed by atoms with Crippen molar-refractivity contribution in [2.24, 2.45) is 0 Å². The highest BCUT2D eigenvalue weighted by Crippen LogP contribution is 2.40. The Bertz CT molecular complexity index is 3220. The molecule has 0 unspecified atom stereocenters. The minimum Gasteiger partial charge on any atom is -0.309 e. The van der Waals surface area contributed by atoms with Gasteiger partial charge in [0.1, 0.15) is 0 Å². The summed E-state index contributed by atoms with van der Waals surface area (Å²) in [4.78, 5) is 15.2. The topological polar surface area (TPSA) is 43.6 Å². The van der Waals surface area contributed by atoms with E-state index in [9.17, 15) is 0 Å². The zero-order valence-corrected chi connectivity index (χ0v) is 31.0. The van der Waals surface area contributed by atoms with Gasteiger partial charge in [-0.1, -0.05) is 146 Å². The predicted octanol–water partition coefficient (Wildman–Crippen LogP) is 13.7. The number of aromatic nitrogens is 4. The zero-order valence-electron chi connectivity index (χ0n) is 30.2. The van der Waals surface area contributed by atoms with Crippen molar-refractivity contribution in [2.45, 2.75) is 0 Å². The van der Waals surface area contributed by atoms with Crippen molar-refractivity contribution in [3.8, 4) is 62.1 Å². The first-order valence-electron chi connectivity index (χ1n) is 18.8. The van der Waals surface area contributed by atoms with Crippen LogP contribution in [0.3, 0.4) is 0 Å². The second kappa shape index (κ2) is 13.3. The van der Waals surface area contributed by atoms with E-state index >= 15 is 0 Å². The molecule has 3 heterocycles. The van der Waals surface area contributed by atoms with Gasteiger partial charge in [0, 0.05) is 53.3 Å². The lowest BCUT2D eigenvalue weighted by atomic mass is 10.0. The lowest BCUT2D eigenvalue weighted by molar-refractivity contribution is 1.07. The molecule has 11 rings (SSSR count). The van der Waals surface area contributed by atoms with Crippen molar-refractivity contribution in [3.63, 3.8) is 0 Å². The third-order valence-electron chi connectivity index (χ3n) is 10.7. The SMILES string of the molecule is c1ccc(-c2ccc(-c3nc(-c4ccccc4)nc(-c4ccc5c6cc(-c7ccc8sc9ccccc9c8c7)ccc6n(-c6ccccc6)c5c4)n3)cc2)cc1. The van der Waals surface area contributed by atoms with E-state index in [1.165, 1.54) is 47.6 Å². The number of rotatable bonds is 6. The first-order valence-corrected chi connectivity index (χ1v) is 19.6. The van der Waals surface area contributed by atoms with Crippen LogP contribution in [0.25, 0.3) is 104 Å². The van der Waals surface area contributed by atoms with E-state index in [4.69, 9.17) is 15.0 Å². The molecule has 0 saturated heterocycles. The molecule has 0 fully saturated rings. The van der Waals surface area contributed by atoms with Crippen molar-refractivity contribution >= 4 is 53.3 Å². The van der Waals surface area contributed by atoms with Gasteiger partial charge in [-0.2, -0.15) is 0 Å². The van der Waals surface area contributed by atoms with E-state index in [0.717, 1.165) is 39.0 Å². The molecule has 0 spiro atoms. The lowest BCUT2D eigenvalue weighted by Gasteiger charge is -2.11. The first kappa shape index (κ1) is 32.2. The summed E-state index contributed by atoms with van der Waals surface area (Å²) in [6.07, 6.45) is 0. The number of hydrogen-bond donors (Lipinski definition) is 0. The van der Waals surface area contributed by atoms with Crippen LogP contribution in [-0.2, 0) is 0 Å². The molecule has 5 heteroatoms. The van der Waals surface area contributed by atoms with Gasteiger partial charge in [-0.05, 0) is 70.8 Å². The van der Waals surface area contributed by atoms with Gasteiger partial charge < -0.3 is 4.57 Å². The van der Waals surface area contributed by atoms with Crippen molar-refractivity contribution in [1.29, 1.82) is 0 Å². The molecule has 0 amide bonds. The fraction of sp³-hybridized carbons (Fsp3) is 0. The summed E-state index contributed by atoms with van der Waals surface area (Å²) in [6, 6.07) is 68.7. The van der Waals surface area contributed by atoms with Crippen LogP contribution in [0, 0.1) is 0 Å². The molecule has 0 aliphatic carbocycles. The number of hydrogen-bond acceptors (Lipinski definition) is 4. The Balaban J connectivity index is 1.07. The average molecular weight is 733 g/mol. The predicted molar refractivity (Wildman–Crippen MR) is 234 cm³/mol. The number of fused-ring (bicyclic) bond motifs is 6. The molecule has 262 valence electrons. The van der Waals surface area contributed by atoms with Gasteiger partial charge in [0.25, 0.3) is 0 Å². The van der Waals surface area contributed by atoms with Crippen LogP contribution in [0.15, 0.2) is 194 Å². The quantitative estimate of drug-likeness (QED) is 0.171. The standard InChI is InChI=1S/C51H32N4S/c1-4-12-33(13-5-1)34-20-22-36(23-21-34)50-52-49(35-14-6-2-7-15-35)53-51(54-50)39-24-27-41-43-30-37(25-28-45(43)55(46(41)32-39)40-16-8-3-9-17-40)38-26-29-48-44(31-38)42-18-10-11-19-47(42)56-48/h1-32H. The molecule has 0 saturated carbocycles. The fourth-order valence-electron chi connectivity index (χ4n) is 7.89. The van der Waals surface area contributed by atoms with Crippen LogP contribution in [0.1, 0.15) is 0 Å². The highest BCUT2D eigenvalue weighted by atomic mass is 32.1. The smallest absolute Gasteiger partial charge is 0.164 e. The van der Waals surface area contributed by atoms with Crippen LogP contribution in [0.5, 0.6) is 0 Å². The molecule has 56 heavy (non-hydrogen) atoms. The second-order valence-corrected chi connectivity index (χ2v) is 15.1. The molecule has 4 nitrogen and oxygen atoms in total. The summed E-state index contributed by atoms with van der Waals surface area (Å²) in [7, 11) is 0. The molecule has 3 aromatic heterocycles. The highest BCUT2D eigenvalue weighted by Gasteiger charge is 2.18. The van der Waals surface area contributed by atoms with E-state index in [1.54, 1.807) is 0 Å². The summed E-state index contributed by atoms with van der Waals surface area (Å²) in [6.45, 7) is 0. The number of para-hydroxylation sites is 1. The number of thiophene rings is 1. The van der Waals surface area contributed by atoms with E-state index in [1.807, 2.05) is 47.7 Å². The Morgan fingerprint density at radius 1 is 0.304 bits per heavy atom. The normalized spacial score (nSPS) is 11.6. The number of benzene rings is 8. The van der Waals surface area contributed by atoms with Crippen LogP contribution in [-0.4, -0.2) is 19.5 Å². The van der Waals surface area contributed by atoms with E-state index < -0.39 is 0 Å². The Hall–Kier alpha value is -7.21. The Kier molecular flexibility index (Phi) is 7.64. The third-order valence-corrected chi connectivity index (χ3v) is 11.8. The summed E-state index contributed by atoms with van der Waals surface area (Å²) in [5, 5.41) is 4.98. The molecule has 11 aromatic rings. The second-order valence-electron chi connectivity index (χ2n) is 14.1. The summed E-state index contributed by atoms with van der Waals surface area (Å²) < 4.78 is 4.99. The summed E-state index contributed by atoms with van der Waals surface area (Å²) in [5.74, 6) is 1.91. The van der Waals surface area contributed by atoms with Gasteiger partial charge in [0.2, 0.25) is 0 Å². The summed E-state index contributed by atoms with van der Waals surface area (Å²) >= 11 is 1.85. The monoisotopic (exact) mass is 732 g/mol. The van der Waals surface area contributed by atoms with Gasteiger partial charge in [-0.15, -0.1) is 11.3 Å². The van der Waals surface area contributed by atoms with Crippen molar-refractivity contribution < 1.29 is 0 Å². The van der Waals surface area contributed by atoms with E-state index in [-0.39, 0.29) is 0 Å². The molecule has 0 bridgehead atoms. The Morgan fingerprint density at radius 2 is 0.804 bits per heavy atom. The molecule has 8 aromatic carbocycles. The Morgan fingerprint density at radius 3 is 1.54 bits per heavy atom. The van der Waals surface area contributed by atoms with Crippen molar-refractivity contribution in [2.75, 3.05) is 0 Å². The molecule has 0 aliphatic heterocycles. The minimum atomic E-state index is 0.629. The van der Waals surface area contributed by atoms with Crippen molar-refractivity contribution in [3.05, 3.63) is 194 Å². The van der Waals surface area contributed by atoms with Gasteiger partial charge in [0.05, 0.1) is 11.0 Å². The maximum Gasteiger partial charge on any atom is 0.164 e. The van der Waals surface area contributed by atoms with Crippen LogP contribution in [0.2, 0.25) is 0 Å². The molecule has 0 N–H and O–H groups in total. The molecule has 0 atom stereocenters. The van der Waals surface area contributed by atoms with Crippen LogP contribution in [0.4, 0.5) is 0 Å². The van der Waals surface area contributed by atoms with Gasteiger partial charge in [0.15, 0.2) is 17.5 Å². The maximum absolute atomic E-state index is 5.13. The number of nitrogens with zero attached hydrogens (tertiary/aromatic N) is 4. The Labute approximate surface area is 327 Å². The first-order chi connectivity index (χ1) is 27.7. The highest BCUT2D eigenvalue weighted by molar-refractivity contribution is 7.25. The molecular formula is C51H32N4S. The van der Waals surface area contributed by atoms with Crippen LogP contribution >= 0.6 is 11.3 Å². The van der Waals surface area contributed by atoms with Gasteiger partial charge in [-0.25, -0.2) is 15.0 Å². The zero-order chi connectivity index (χ0) is 37.0. The molecule has 0 aliphatic rings. The maximum atomic E-state index is 5.13.